The van der Waals surface area contributed by atoms with Crippen molar-refractivity contribution in [2.45, 2.75) is 32.6 Å². The third kappa shape index (κ3) is 5.67. The predicted molar refractivity (Wildman–Crippen MR) is 75.7 cm³/mol. The second kappa shape index (κ2) is 7.57. The number of hydrogen-bond acceptors (Lipinski definition) is 5. The Bertz CT molecular complexity index is 399. The van der Waals surface area contributed by atoms with Crippen molar-refractivity contribution in [3.63, 3.8) is 0 Å². The molecule has 0 fully saturated rings. The Balaban J connectivity index is 2.32. The molecule has 2 N–H and O–H groups in total. The number of carbonyl (C=O) groups is 1. The van der Waals surface area contributed by atoms with Gasteiger partial charge in [0, 0.05) is 18.6 Å². The smallest absolute Gasteiger partial charge is 0.263 e. The summed E-state index contributed by atoms with van der Waals surface area (Å²) >= 11 is 1.43. The van der Waals surface area contributed by atoms with Crippen molar-refractivity contribution >= 4 is 17.2 Å². The van der Waals surface area contributed by atoms with Crippen LogP contribution >= 0.6 is 11.3 Å². The molecule has 1 aromatic rings. The summed E-state index contributed by atoms with van der Waals surface area (Å²) in [4.78, 5) is 16.8. The molecule has 0 aliphatic rings. The lowest BCUT2D eigenvalue weighted by molar-refractivity contribution is 0.0869. The first-order valence-electron chi connectivity index (χ1n) is 6.38. The summed E-state index contributed by atoms with van der Waals surface area (Å²) in [7, 11) is 0. The van der Waals surface area contributed by atoms with Gasteiger partial charge in [0.05, 0.1) is 24.4 Å². The molecular weight excluding hydrogens is 264 g/mol. The highest BCUT2D eigenvalue weighted by Gasteiger charge is 2.20. The number of amides is 1. The van der Waals surface area contributed by atoms with Gasteiger partial charge in [0.15, 0.2) is 0 Å². The van der Waals surface area contributed by atoms with Gasteiger partial charge in [-0.25, -0.2) is 4.98 Å². The molecule has 1 amide bonds. The van der Waals surface area contributed by atoms with Crippen molar-refractivity contribution in [2.75, 3.05) is 26.4 Å². The number of nitrogens with zero attached hydrogens (tertiary/aromatic N) is 1. The van der Waals surface area contributed by atoms with Crippen LogP contribution < -0.4 is 5.32 Å². The van der Waals surface area contributed by atoms with E-state index in [0.29, 0.717) is 24.6 Å². The normalized spacial score (nSPS) is 11.6. The molecule has 0 aromatic carbocycles. The van der Waals surface area contributed by atoms with Gasteiger partial charge in [0.1, 0.15) is 4.88 Å². The molecule has 0 spiro atoms. The molecule has 6 heteroatoms. The van der Waals surface area contributed by atoms with Gasteiger partial charge < -0.3 is 15.2 Å². The Morgan fingerprint density at radius 1 is 1.47 bits per heavy atom. The Hall–Kier alpha value is -0.980. The molecule has 0 aliphatic heterocycles. The number of carbonyl (C=O) groups excluding carboxylic acids is 1. The van der Waals surface area contributed by atoms with E-state index >= 15 is 0 Å². The number of aliphatic hydroxyl groups excluding tert-OH is 1. The average molecular weight is 286 g/mol. The Morgan fingerprint density at radius 2 is 2.21 bits per heavy atom. The van der Waals surface area contributed by atoms with Crippen LogP contribution in [0.5, 0.6) is 0 Å². The predicted octanol–water partition coefficient (Wildman–Crippen LogP) is 1.57. The lowest BCUT2D eigenvalue weighted by Gasteiger charge is -2.13. The van der Waals surface area contributed by atoms with Crippen LogP contribution in [0, 0.1) is 0 Å². The number of aliphatic hydroxyl groups is 1. The quantitative estimate of drug-likeness (QED) is 0.746. The van der Waals surface area contributed by atoms with E-state index in [-0.39, 0.29) is 17.9 Å². The molecule has 0 saturated heterocycles. The van der Waals surface area contributed by atoms with Gasteiger partial charge in [0.25, 0.3) is 5.91 Å². The zero-order valence-corrected chi connectivity index (χ0v) is 12.5. The van der Waals surface area contributed by atoms with E-state index in [9.17, 15) is 4.79 Å². The summed E-state index contributed by atoms with van der Waals surface area (Å²) < 4.78 is 5.11. The molecule has 0 radical (unpaired) electrons. The summed E-state index contributed by atoms with van der Waals surface area (Å²) in [5.74, 6) is -0.0878. The zero-order valence-electron chi connectivity index (χ0n) is 11.7. The molecular formula is C13H22N2O3S. The van der Waals surface area contributed by atoms with Crippen LogP contribution in [0.4, 0.5) is 0 Å². The largest absolute Gasteiger partial charge is 0.394 e. The van der Waals surface area contributed by atoms with Gasteiger partial charge in [-0.3, -0.25) is 4.79 Å². The van der Waals surface area contributed by atoms with Crippen molar-refractivity contribution in [3.05, 3.63) is 16.1 Å². The van der Waals surface area contributed by atoms with Crippen LogP contribution in [-0.2, 0) is 10.2 Å². The maximum Gasteiger partial charge on any atom is 0.263 e. The Morgan fingerprint density at radius 3 is 2.79 bits per heavy atom. The molecule has 108 valence electrons. The topological polar surface area (TPSA) is 71.5 Å². The van der Waals surface area contributed by atoms with Crippen LogP contribution in [0.25, 0.3) is 0 Å². The minimum atomic E-state index is -0.0878. The SMILES string of the molecule is CC(C)(C)c1ncc(C(=O)NCCCOCCO)s1. The molecule has 0 bridgehead atoms. The van der Waals surface area contributed by atoms with Crippen molar-refractivity contribution in [1.82, 2.24) is 10.3 Å². The van der Waals surface area contributed by atoms with E-state index in [0.717, 1.165) is 11.4 Å². The zero-order chi connectivity index (χ0) is 14.3. The molecule has 0 aliphatic carbocycles. The van der Waals surface area contributed by atoms with Crippen LogP contribution in [0.2, 0.25) is 0 Å². The summed E-state index contributed by atoms with van der Waals surface area (Å²) in [5, 5.41) is 12.3. The van der Waals surface area contributed by atoms with Gasteiger partial charge in [-0.05, 0) is 6.42 Å². The number of ether oxygens (including phenoxy) is 1. The van der Waals surface area contributed by atoms with Gasteiger partial charge in [0.2, 0.25) is 0 Å². The second-order valence-corrected chi connectivity index (χ2v) is 6.26. The van der Waals surface area contributed by atoms with Crippen molar-refractivity contribution < 1.29 is 14.6 Å². The maximum atomic E-state index is 11.9. The van der Waals surface area contributed by atoms with Crippen molar-refractivity contribution in [2.24, 2.45) is 0 Å². The maximum absolute atomic E-state index is 11.9. The van der Waals surface area contributed by atoms with E-state index in [1.54, 1.807) is 6.20 Å². The molecule has 1 aromatic heterocycles. The van der Waals surface area contributed by atoms with Crippen LogP contribution in [0.15, 0.2) is 6.20 Å². The average Bonchev–Trinajstić information content (AvgIpc) is 2.82. The first kappa shape index (κ1) is 16.1. The van der Waals surface area contributed by atoms with Gasteiger partial charge in [-0.15, -0.1) is 11.3 Å². The third-order valence-electron chi connectivity index (χ3n) is 2.36. The van der Waals surface area contributed by atoms with Gasteiger partial charge in [-0.1, -0.05) is 20.8 Å². The van der Waals surface area contributed by atoms with Crippen LogP contribution in [0.1, 0.15) is 41.9 Å². The summed E-state index contributed by atoms with van der Waals surface area (Å²) in [5.41, 5.74) is -0.0265. The molecule has 19 heavy (non-hydrogen) atoms. The number of aromatic nitrogens is 1. The van der Waals surface area contributed by atoms with Crippen LogP contribution in [0.3, 0.4) is 0 Å². The lowest BCUT2D eigenvalue weighted by atomic mass is 9.98. The first-order chi connectivity index (χ1) is 8.95. The van der Waals surface area contributed by atoms with E-state index in [2.05, 4.69) is 31.1 Å². The van der Waals surface area contributed by atoms with Crippen LogP contribution in [-0.4, -0.2) is 42.4 Å². The van der Waals surface area contributed by atoms with E-state index in [1.807, 2.05) is 0 Å². The Labute approximate surface area is 118 Å². The fourth-order valence-electron chi connectivity index (χ4n) is 1.36. The van der Waals surface area contributed by atoms with E-state index in [4.69, 9.17) is 9.84 Å². The number of nitrogens with one attached hydrogen (secondary N) is 1. The number of thiazole rings is 1. The monoisotopic (exact) mass is 286 g/mol. The molecule has 0 unspecified atom stereocenters. The minimum Gasteiger partial charge on any atom is -0.394 e. The standard InChI is InChI=1S/C13H22N2O3S/c1-13(2,3)12-15-9-10(19-12)11(17)14-5-4-7-18-8-6-16/h9,16H,4-8H2,1-3H3,(H,14,17). The van der Waals surface area contributed by atoms with Gasteiger partial charge >= 0.3 is 0 Å². The summed E-state index contributed by atoms with van der Waals surface area (Å²) in [6.07, 6.45) is 2.36. The molecule has 5 nitrogen and oxygen atoms in total. The molecule has 1 heterocycles. The van der Waals surface area contributed by atoms with Crippen molar-refractivity contribution in [3.8, 4) is 0 Å². The van der Waals surface area contributed by atoms with Gasteiger partial charge in [-0.2, -0.15) is 0 Å². The number of hydrogen-bond donors (Lipinski definition) is 2. The molecule has 0 atom stereocenters. The lowest BCUT2D eigenvalue weighted by Crippen LogP contribution is -2.24. The summed E-state index contributed by atoms with van der Waals surface area (Å²) in [6.45, 7) is 7.70. The number of rotatable bonds is 7. The Kier molecular flexibility index (Phi) is 6.41. The fraction of sp³-hybridized carbons (Fsp3) is 0.692. The molecule has 0 saturated carbocycles. The first-order valence-corrected chi connectivity index (χ1v) is 7.20. The van der Waals surface area contributed by atoms with Crippen molar-refractivity contribution in [1.29, 1.82) is 0 Å². The highest BCUT2D eigenvalue weighted by atomic mass is 32.1. The highest BCUT2D eigenvalue weighted by Crippen LogP contribution is 2.26. The van der Waals surface area contributed by atoms with E-state index < -0.39 is 0 Å². The highest BCUT2D eigenvalue weighted by molar-refractivity contribution is 7.13. The molecule has 1 rings (SSSR count). The summed E-state index contributed by atoms with van der Waals surface area (Å²) in [6, 6.07) is 0. The third-order valence-corrected chi connectivity index (χ3v) is 3.78. The minimum absolute atomic E-state index is 0.0265. The van der Waals surface area contributed by atoms with E-state index in [1.165, 1.54) is 11.3 Å². The second-order valence-electron chi connectivity index (χ2n) is 5.23. The fourth-order valence-corrected chi connectivity index (χ4v) is 2.25.